The molecule has 1 aliphatic rings. The quantitative estimate of drug-likeness (QED) is 0.746. The highest BCUT2D eigenvalue weighted by molar-refractivity contribution is 6.42. The molecule has 0 radical (unpaired) electrons. The summed E-state index contributed by atoms with van der Waals surface area (Å²) >= 11 is 18.1. The maximum atomic E-state index is 13.2. The van der Waals surface area contributed by atoms with Crippen LogP contribution in [0.4, 0.5) is 13.2 Å². The lowest BCUT2D eigenvalue weighted by Gasteiger charge is -2.25. The summed E-state index contributed by atoms with van der Waals surface area (Å²) in [5, 5.41) is 1.06. The van der Waals surface area contributed by atoms with E-state index >= 15 is 0 Å². The minimum absolute atomic E-state index is 0.110. The SMILES string of the molecule is NCCc1c(C2CC(Cl)=C(Cl)C=C2Cl)cccc1C(F)(F)F. The molecular formula is C15H13Cl3F3N. The van der Waals surface area contributed by atoms with Gasteiger partial charge in [0.2, 0.25) is 0 Å². The van der Waals surface area contributed by atoms with E-state index in [4.69, 9.17) is 40.5 Å². The summed E-state index contributed by atoms with van der Waals surface area (Å²) < 4.78 is 39.6. The Labute approximate surface area is 141 Å². The number of allylic oxidation sites excluding steroid dienone is 4. The number of halogens is 6. The highest BCUT2D eigenvalue weighted by atomic mass is 35.5. The average molecular weight is 371 g/mol. The summed E-state index contributed by atoms with van der Waals surface area (Å²) in [5.74, 6) is -0.444. The van der Waals surface area contributed by atoms with Crippen LogP contribution in [0.2, 0.25) is 0 Å². The molecule has 1 aromatic rings. The van der Waals surface area contributed by atoms with Gasteiger partial charge in [-0.2, -0.15) is 13.2 Å². The van der Waals surface area contributed by atoms with Crippen LogP contribution in [0.3, 0.4) is 0 Å². The predicted molar refractivity (Wildman–Crippen MR) is 84.2 cm³/mol. The fraction of sp³-hybridized carbons (Fsp3) is 0.333. The zero-order chi connectivity index (χ0) is 16.5. The highest BCUT2D eigenvalue weighted by Gasteiger charge is 2.35. The number of nitrogens with two attached hydrogens (primary N) is 1. The van der Waals surface area contributed by atoms with Crippen LogP contribution in [0.5, 0.6) is 0 Å². The van der Waals surface area contributed by atoms with Crippen molar-refractivity contribution in [1.29, 1.82) is 0 Å². The Bertz CT molecular complexity index is 635. The average Bonchev–Trinajstić information content (AvgIpc) is 2.42. The van der Waals surface area contributed by atoms with Crippen LogP contribution in [0.1, 0.15) is 29.0 Å². The van der Waals surface area contributed by atoms with Gasteiger partial charge >= 0.3 is 6.18 Å². The van der Waals surface area contributed by atoms with Gasteiger partial charge in [0, 0.05) is 16.0 Å². The first-order valence-corrected chi connectivity index (χ1v) is 7.69. The van der Waals surface area contributed by atoms with Crippen molar-refractivity contribution >= 4 is 34.8 Å². The van der Waals surface area contributed by atoms with Gasteiger partial charge in [0.25, 0.3) is 0 Å². The fourth-order valence-corrected chi connectivity index (χ4v) is 3.32. The Morgan fingerprint density at radius 3 is 2.45 bits per heavy atom. The molecule has 0 aliphatic heterocycles. The lowest BCUT2D eigenvalue weighted by molar-refractivity contribution is -0.138. The Morgan fingerprint density at radius 2 is 1.86 bits per heavy atom. The van der Waals surface area contributed by atoms with E-state index < -0.39 is 17.7 Å². The molecule has 120 valence electrons. The Balaban J connectivity index is 2.55. The van der Waals surface area contributed by atoms with E-state index in [1.54, 1.807) is 6.07 Å². The molecule has 1 aliphatic carbocycles. The Morgan fingerprint density at radius 1 is 1.18 bits per heavy atom. The van der Waals surface area contributed by atoms with Crippen molar-refractivity contribution in [1.82, 2.24) is 0 Å². The third-order valence-corrected chi connectivity index (χ3v) is 4.69. The largest absolute Gasteiger partial charge is 0.416 e. The van der Waals surface area contributed by atoms with Gasteiger partial charge in [-0.05, 0) is 42.7 Å². The molecule has 0 amide bonds. The summed E-state index contributed by atoms with van der Waals surface area (Å²) in [4.78, 5) is 0. The first kappa shape index (κ1) is 17.7. The molecule has 0 saturated carbocycles. The standard InChI is InChI=1S/C15H13Cl3F3N/c16-12-7-14(18)13(17)6-10(12)8-2-1-3-11(15(19,20)21)9(8)4-5-22/h1-3,7,10H,4-6,22H2. The molecule has 1 nitrogen and oxygen atoms in total. The van der Waals surface area contributed by atoms with Gasteiger partial charge in [0.15, 0.2) is 0 Å². The number of hydrogen-bond donors (Lipinski definition) is 1. The molecule has 1 atom stereocenters. The van der Waals surface area contributed by atoms with Crippen molar-refractivity contribution in [2.24, 2.45) is 5.73 Å². The molecule has 0 aromatic heterocycles. The van der Waals surface area contributed by atoms with E-state index in [2.05, 4.69) is 0 Å². The summed E-state index contributed by atoms with van der Waals surface area (Å²) in [5.41, 5.74) is 5.45. The van der Waals surface area contributed by atoms with E-state index in [1.165, 1.54) is 12.1 Å². The van der Waals surface area contributed by atoms with Crippen molar-refractivity contribution < 1.29 is 13.2 Å². The second-order valence-electron chi connectivity index (χ2n) is 4.95. The van der Waals surface area contributed by atoms with E-state index in [-0.39, 0.29) is 24.9 Å². The number of hydrogen-bond acceptors (Lipinski definition) is 1. The van der Waals surface area contributed by atoms with E-state index in [1.807, 2.05) is 0 Å². The highest BCUT2D eigenvalue weighted by Crippen LogP contribution is 2.44. The van der Waals surface area contributed by atoms with Crippen molar-refractivity contribution in [3.63, 3.8) is 0 Å². The van der Waals surface area contributed by atoms with Gasteiger partial charge < -0.3 is 5.73 Å². The third-order valence-electron chi connectivity index (χ3n) is 3.53. The molecule has 0 bridgehead atoms. The molecule has 2 N–H and O–H groups in total. The first-order valence-electron chi connectivity index (χ1n) is 6.56. The summed E-state index contributed by atoms with van der Waals surface area (Å²) in [6.45, 7) is 0.110. The van der Waals surface area contributed by atoms with Crippen LogP contribution >= 0.6 is 34.8 Å². The monoisotopic (exact) mass is 369 g/mol. The van der Waals surface area contributed by atoms with Crippen LogP contribution < -0.4 is 5.73 Å². The van der Waals surface area contributed by atoms with Gasteiger partial charge in [-0.1, -0.05) is 46.9 Å². The van der Waals surface area contributed by atoms with E-state index in [0.29, 0.717) is 20.7 Å². The molecule has 0 heterocycles. The van der Waals surface area contributed by atoms with Crippen LogP contribution in [-0.2, 0) is 12.6 Å². The molecule has 22 heavy (non-hydrogen) atoms. The van der Waals surface area contributed by atoms with Crippen LogP contribution in [0, 0.1) is 0 Å². The molecule has 1 unspecified atom stereocenters. The zero-order valence-electron chi connectivity index (χ0n) is 11.4. The summed E-state index contributed by atoms with van der Waals surface area (Å²) in [7, 11) is 0. The van der Waals surface area contributed by atoms with Gasteiger partial charge in [-0.15, -0.1) is 0 Å². The lowest BCUT2D eigenvalue weighted by atomic mass is 9.85. The second-order valence-corrected chi connectivity index (χ2v) is 6.25. The van der Waals surface area contributed by atoms with Crippen LogP contribution in [0.15, 0.2) is 39.4 Å². The minimum atomic E-state index is -4.44. The van der Waals surface area contributed by atoms with Gasteiger partial charge in [-0.25, -0.2) is 0 Å². The van der Waals surface area contributed by atoms with Crippen molar-refractivity contribution in [3.8, 4) is 0 Å². The number of alkyl halides is 3. The first-order chi connectivity index (χ1) is 10.3. The minimum Gasteiger partial charge on any atom is -0.330 e. The van der Waals surface area contributed by atoms with Crippen LogP contribution in [-0.4, -0.2) is 6.54 Å². The zero-order valence-corrected chi connectivity index (χ0v) is 13.6. The molecule has 1 aromatic carbocycles. The van der Waals surface area contributed by atoms with Crippen molar-refractivity contribution in [2.75, 3.05) is 6.54 Å². The van der Waals surface area contributed by atoms with Gasteiger partial charge in [-0.3, -0.25) is 0 Å². The Hall–Kier alpha value is -0.680. The molecule has 0 spiro atoms. The van der Waals surface area contributed by atoms with E-state index in [0.717, 1.165) is 6.07 Å². The third kappa shape index (κ3) is 3.62. The Kier molecular flexibility index (Phi) is 5.49. The van der Waals surface area contributed by atoms with E-state index in [9.17, 15) is 13.2 Å². The maximum absolute atomic E-state index is 13.2. The summed E-state index contributed by atoms with van der Waals surface area (Å²) in [6, 6.07) is 4.06. The number of benzene rings is 1. The van der Waals surface area contributed by atoms with Crippen LogP contribution in [0.25, 0.3) is 0 Å². The lowest BCUT2D eigenvalue weighted by Crippen LogP contribution is -2.17. The molecule has 2 rings (SSSR count). The predicted octanol–water partition coefficient (Wildman–Crippen LogP) is 5.51. The fourth-order valence-electron chi connectivity index (χ4n) is 2.55. The smallest absolute Gasteiger partial charge is 0.330 e. The van der Waals surface area contributed by atoms with Crippen molar-refractivity contribution in [3.05, 3.63) is 56.1 Å². The number of rotatable bonds is 3. The maximum Gasteiger partial charge on any atom is 0.416 e. The molecule has 0 saturated heterocycles. The normalized spacial score (nSPS) is 19.4. The molecule has 0 fully saturated rings. The molecule has 7 heteroatoms. The van der Waals surface area contributed by atoms with Crippen molar-refractivity contribution in [2.45, 2.75) is 24.9 Å². The second kappa shape index (κ2) is 6.83. The van der Waals surface area contributed by atoms with Gasteiger partial charge in [0.05, 0.1) is 10.6 Å². The summed E-state index contributed by atoms with van der Waals surface area (Å²) in [6.07, 6.45) is -2.58. The topological polar surface area (TPSA) is 26.0 Å². The van der Waals surface area contributed by atoms with Gasteiger partial charge in [0.1, 0.15) is 0 Å². The molecular weight excluding hydrogens is 358 g/mol.